The van der Waals surface area contributed by atoms with Crippen molar-refractivity contribution >= 4 is 39.6 Å². The zero-order valence-corrected chi connectivity index (χ0v) is 20.1. The van der Waals surface area contributed by atoms with Crippen LogP contribution in [0.3, 0.4) is 0 Å². The molecule has 1 aliphatic heterocycles. The maximum Gasteiger partial charge on any atom is 0.146 e. The van der Waals surface area contributed by atoms with Crippen LogP contribution >= 0.6 is 11.6 Å². The molecular formula is C25H21ClFN9. The summed E-state index contributed by atoms with van der Waals surface area (Å²) in [5, 5.41) is 17.4. The fourth-order valence-electron chi connectivity index (χ4n) is 3.99. The molecule has 0 spiro atoms. The molecule has 1 atom stereocenters. The highest BCUT2D eigenvalue weighted by molar-refractivity contribution is 6.36. The van der Waals surface area contributed by atoms with E-state index in [0.717, 1.165) is 17.0 Å². The lowest BCUT2D eigenvalue weighted by Crippen LogP contribution is -2.34. The van der Waals surface area contributed by atoms with E-state index in [-0.39, 0.29) is 17.3 Å². The van der Waals surface area contributed by atoms with Crippen LogP contribution in [0.1, 0.15) is 28.6 Å². The van der Waals surface area contributed by atoms with Crippen LogP contribution in [0.4, 0.5) is 21.5 Å². The molecule has 180 valence electrons. The van der Waals surface area contributed by atoms with E-state index in [9.17, 15) is 9.65 Å². The molecule has 1 aromatic carbocycles. The number of anilines is 3. The summed E-state index contributed by atoms with van der Waals surface area (Å²) in [6.45, 7) is 3.52. The Kier molecular flexibility index (Phi) is 6.25. The van der Waals surface area contributed by atoms with E-state index in [1.54, 1.807) is 19.2 Å². The third-order valence-corrected chi connectivity index (χ3v) is 6.12. The average Bonchev–Trinajstić information content (AvgIpc) is 3.40. The number of benzene rings is 1. The molecule has 0 amide bonds. The van der Waals surface area contributed by atoms with E-state index in [1.165, 1.54) is 18.5 Å². The number of aromatic nitrogens is 3. The van der Waals surface area contributed by atoms with Crippen LogP contribution in [-0.4, -0.2) is 15.0 Å². The topological polar surface area (TPSA) is 123 Å². The van der Waals surface area contributed by atoms with Crippen LogP contribution in [-0.2, 0) is 0 Å². The first-order valence-electron chi connectivity index (χ1n) is 11.0. The Morgan fingerprint density at radius 2 is 1.94 bits per heavy atom. The first-order chi connectivity index (χ1) is 17.4. The highest BCUT2D eigenvalue weighted by Gasteiger charge is 2.22. The van der Waals surface area contributed by atoms with E-state index >= 15 is 0 Å². The molecule has 9 nitrogen and oxygen atoms in total. The number of hydrogen-bond donors (Lipinski definition) is 5. The second kappa shape index (κ2) is 9.65. The largest absolute Gasteiger partial charge is 0.373 e. The quantitative estimate of drug-likeness (QED) is 0.257. The van der Waals surface area contributed by atoms with Crippen molar-refractivity contribution in [3.8, 4) is 6.07 Å². The molecule has 1 aliphatic rings. The number of nitriles is 1. The Bertz CT molecular complexity index is 1550. The second-order valence-corrected chi connectivity index (χ2v) is 8.59. The normalized spacial score (nSPS) is 13.4. The van der Waals surface area contributed by atoms with E-state index < -0.39 is 5.82 Å². The monoisotopic (exact) mass is 501 g/mol. The molecule has 0 fully saturated rings. The van der Waals surface area contributed by atoms with Gasteiger partial charge in [0.25, 0.3) is 0 Å². The lowest BCUT2D eigenvalue weighted by atomic mass is 10.0. The van der Waals surface area contributed by atoms with Gasteiger partial charge in [0.1, 0.15) is 11.9 Å². The van der Waals surface area contributed by atoms with Crippen molar-refractivity contribution in [3.63, 3.8) is 0 Å². The van der Waals surface area contributed by atoms with Crippen LogP contribution < -0.4 is 27.0 Å². The average molecular weight is 502 g/mol. The van der Waals surface area contributed by atoms with Crippen LogP contribution in [0.15, 0.2) is 60.8 Å². The van der Waals surface area contributed by atoms with Gasteiger partial charge >= 0.3 is 0 Å². The SMILES string of the molecule is Cc1ncc(Nc2c(C#N)cnc3c(Cl)cc(N[C@H](C4=CNNN4)c4cccnc4C)cc23)cc1F. The number of hydrazine groups is 2. The predicted octanol–water partition coefficient (Wildman–Crippen LogP) is 4.66. The number of fused-ring (bicyclic) bond motifs is 1. The molecule has 3 aromatic heterocycles. The minimum atomic E-state index is -0.452. The van der Waals surface area contributed by atoms with Crippen molar-refractivity contribution in [2.75, 3.05) is 10.6 Å². The predicted molar refractivity (Wildman–Crippen MR) is 137 cm³/mol. The van der Waals surface area contributed by atoms with E-state index in [0.29, 0.717) is 33.0 Å². The Balaban J connectivity index is 1.61. The van der Waals surface area contributed by atoms with Gasteiger partial charge in [0.05, 0.1) is 51.1 Å². The molecule has 36 heavy (non-hydrogen) atoms. The van der Waals surface area contributed by atoms with Crippen molar-refractivity contribution in [2.24, 2.45) is 0 Å². The summed E-state index contributed by atoms with van der Waals surface area (Å²) in [6.07, 6.45) is 6.50. The third kappa shape index (κ3) is 4.45. The van der Waals surface area contributed by atoms with Crippen molar-refractivity contribution in [1.82, 2.24) is 31.3 Å². The first-order valence-corrected chi connectivity index (χ1v) is 11.4. The van der Waals surface area contributed by atoms with Crippen molar-refractivity contribution < 1.29 is 4.39 Å². The summed E-state index contributed by atoms with van der Waals surface area (Å²) < 4.78 is 14.2. The Morgan fingerprint density at radius 1 is 1.08 bits per heavy atom. The standard InChI is InChI=1S/C25H21ClFN9/c1-13-18(4-3-5-29-13)25(22-12-32-36-35-22)33-16-6-19-23(34-17-8-21(27)14(2)30-11-17)15(9-28)10-31-24(19)20(26)7-16/h3-8,10-12,25,32-33,35-36H,1-2H3,(H,31,34)/t25-/m0/s1. The molecule has 0 saturated heterocycles. The van der Waals surface area contributed by atoms with Gasteiger partial charge in [0, 0.05) is 47.0 Å². The van der Waals surface area contributed by atoms with Crippen LogP contribution in [0.5, 0.6) is 0 Å². The maximum atomic E-state index is 14.2. The van der Waals surface area contributed by atoms with Crippen molar-refractivity contribution in [1.29, 1.82) is 5.26 Å². The highest BCUT2D eigenvalue weighted by Crippen LogP contribution is 2.37. The number of pyridine rings is 3. The Morgan fingerprint density at radius 3 is 2.67 bits per heavy atom. The lowest BCUT2D eigenvalue weighted by molar-refractivity contribution is 0.582. The molecule has 11 heteroatoms. The molecule has 0 unspecified atom stereocenters. The zero-order chi connectivity index (χ0) is 25.2. The summed E-state index contributed by atoms with van der Waals surface area (Å²) in [4.78, 5) is 12.9. The van der Waals surface area contributed by atoms with E-state index in [4.69, 9.17) is 11.6 Å². The molecule has 0 radical (unpaired) electrons. The minimum Gasteiger partial charge on any atom is -0.373 e. The second-order valence-electron chi connectivity index (χ2n) is 8.18. The fraction of sp³-hybridized carbons (Fsp3) is 0.120. The molecule has 5 N–H and O–H groups in total. The van der Waals surface area contributed by atoms with Crippen LogP contribution in [0.2, 0.25) is 5.02 Å². The van der Waals surface area contributed by atoms with Gasteiger partial charge in [-0.1, -0.05) is 17.7 Å². The number of nitrogens with zero attached hydrogens (tertiary/aromatic N) is 4. The van der Waals surface area contributed by atoms with Gasteiger partial charge in [-0.15, -0.1) is 0 Å². The highest BCUT2D eigenvalue weighted by atomic mass is 35.5. The van der Waals surface area contributed by atoms with Gasteiger partial charge in [-0.25, -0.2) is 4.39 Å². The summed E-state index contributed by atoms with van der Waals surface area (Å²) >= 11 is 6.65. The maximum absolute atomic E-state index is 14.2. The molecule has 5 rings (SSSR count). The summed E-state index contributed by atoms with van der Waals surface area (Å²) in [7, 11) is 0. The molecule has 4 aromatic rings. The van der Waals surface area contributed by atoms with Gasteiger partial charge in [-0.2, -0.15) is 10.8 Å². The number of aryl methyl sites for hydroxylation is 2. The van der Waals surface area contributed by atoms with Gasteiger partial charge in [-0.05, 0) is 32.0 Å². The third-order valence-electron chi connectivity index (χ3n) is 5.83. The van der Waals surface area contributed by atoms with E-state index in [2.05, 4.69) is 48.0 Å². The van der Waals surface area contributed by atoms with Crippen molar-refractivity contribution in [2.45, 2.75) is 19.9 Å². The minimum absolute atomic E-state index is 0.282. The molecule has 0 bridgehead atoms. The number of hydrogen-bond acceptors (Lipinski definition) is 9. The van der Waals surface area contributed by atoms with Crippen molar-refractivity contribution in [3.05, 3.63) is 94.2 Å². The molecule has 0 saturated carbocycles. The lowest BCUT2D eigenvalue weighted by Gasteiger charge is -2.23. The Hall–Kier alpha value is -4.46. The smallest absolute Gasteiger partial charge is 0.146 e. The van der Waals surface area contributed by atoms with Gasteiger partial charge < -0.3 is 21.5 Å². The van der Waals surface area contributed by atoms with Gasteiger partial charge in [-0.3, -0.25) is 15.0 Å². The van der Waals surface area contributed by atoms with Gasteiger partial charge in [0.15, 0.2) is 0 Å². The van der Waals surface area contributed by atoms with E-state index in [1.807, 2.05) is 31.3 Å². The molecule has 4 heterocycles. The summed E-state index contributed by atoms with van der Waals surface area (Å²) in [6, 6.07) is 10.7. The first kappa shape index (κ1) is 23.3. The van der Waals surface area contributed by atoms with Gasteiger partial charge in [0.2, 0.25) is 0 Å². The van der Waals surface area contributed by atoms with Crippen LogP contribution in [0.25, 0.3) is 10.9 Å². The fourth-order valence-corrected chi connectivity index (χ4v) is 4.25. The molecule has 0 aliphatic carbocycles. The summed E-state index contributed by atoms with van der Waals surface area (Å²) in [5.41, 5.74) is 14.1. The summed E-state index contributed by atoms with van der Waals surface area (Å²) in [5.74, 6) is -0.452. The Labute approximate surface area is 211 Å². The number of rotatable bonds is 6. The van der Waals surface area contributed by atoms with Crippen LogP contribution in [0, 0.1) is 31.0 Å². The number of halogens is 2. The number of nitrogens with one attached hydrogen (secondary N) is 5. The zero-order valence-electron chi connectivity index (χ0n) is 19.3. The molecular weight excluding hydrogens is 481 g/mol.